The second-order valence-electron chi connectivity index (χ2n) is 7.64. The Balaban J connectivity index is 1.74. The average Bonchev–Trinajstić information content (AvgIpc) is 2.88. The van der Waals surface area contributed by atoms with Crippen LogP contribution in [0.1, 0.15) is 19.4 Å². The van der Waals surface area contributed by atoms with Gasteiger partial charge in [-0.3, -0.25) is 9.10 Å². The van der Waals surface area contributed by atoms with Crippen LogP contribution < -0.4 is 19.3 Å². The summed E-state index contributed by atoms with van der Waals surface area (Å²) in [7, 11) is -2.45. The first-order valence-corrected chi connectivity index (χ1v) is 12.7. The number of sulfonamides is 1. The molecule has 0 aliphatic carbocycles. The summed E-state index contributed by atoms with van der Waals surface area (Å²) >= 11 is 0. The van der Waals surface area contributed by atoms with Gasteiger partial charge in [-0.25, -0.2) is 8.42 Å². The van der Waals surface area contributed by atoms with Crippen molar-refractivity contribution in [1.82, 2.24) is 5.32 Å². The molecular weight excluding hydrogens is 450 g/mol. The first-order valence-electron chi connectivity index (χ1n) is 11.2. The third-order valence-corrected chi connectivity index (χ3v) is 7.32. The minimum Gasteiger partial charge on any atom is -0.497 e. The summed E-state index contributed by atoms with van der Waals surface area (Å²) < 4.78 is 33.0. The van der Waals surface area contributed by atoms with Crippen LogP contribution in [0, 0.1) is 0 Å². The van der Waals surface area contributed by atoms with Gasteiger partial charge in [-0.1, -0.05) is 30.3 Å². The third-order valence-electron chi connectivity index (χ3n) is 5.53. The molecule has 0 aliphatic rings. The van der Waals surface area contributed by atoms with Crippen molar-refractivity contribution in [3.05, 3.63) is 84.4 Å². The number of nitrogens with one attached hydrogen (secondary N) is 1. The number of ether oxygens (including phenoxy) is 1. The molecule has 8 heteroatoms. The molecule has 0 fully saturated rings. The Bertz CT molecular complexity index is 1160. The normalized spacial score (nSPS) is 11.0. The molecule has 0 saturated carbocycles. The summed E-state index contributed by atoms with van der Waals surface area (Å²) in [6.45, 7) is 6.03. The van der Waals surface area contributed by atoms with E-state index in [1.54, 1.807) is 42.5 Å². The minimum atomic E-state index is -3.97. The van der Waals surface area contributed by atoms with Crippen LogP contribution in [-0.4, -0.2) is 41.1 Å². The van der Waals surface area contributed by atoms with E-state index in [-0.39, 0.29) is 11.4 Å². The van der Waals surface area contributed by atoms with E-state index in [0.29, 0.717) is 18.0 Å². The Morgan fingerprint density at radius 1 is 0.853 bits per heavy atom. The van der Waals surface area contributed by atoms with Crippen molar-refractivity contribution >= 4 is 27.3 Å². The van der Waals surface area contributed by atoms with E-state index in [1.807, 2.05) is 24.3 Å². The van der Waals surface area contributed by atoms with Crippen molar-refractivity contribution in [2.75, 3.05) is 35.9 Å². The van der Waals surface area contributed by atoms with E-state index in [0.717, 1.165) is 28.6 Å². The predicted molar refractivity (Wildman–Crippen MR) is 136 cm³/mol. The summed E-state index contributed by atoms with van der Waals surface area (Å²) in [4.78, 5) is 15.1. The van der Waals surface area contributed by atoms with Crippen molar-refractivity contribution in [2.45, 2.75) is 25.3 Å². The maximum absolute atomic E-state index is 13.4. The van der Waals surface area contributed by atoms with Crippen LogP contribution in [0.5, 0.6) is 5.75 Å². The number of carbonyl (C=O) groups excluding carboxylic acids is 1. The molecule has 0 radical (unpaired) electrons. The second-order valence-corrected chi connectivity index (χ2v) is 9.50. The van der Waals surface area contributed by atoms with E-state index in [4.69, 9.17) is 4.74 Å². The van der Waals surface area contributed by atoms with Gasteiger partial charge in [0.2, 0.25) is 5.91 Å². The number of hydrogen-bond donors (Lipinski definition) is 1. The summed E-state index contributed by atoms with van der Waals surface area (Å²) in [6.07, 6.45) is 0. The van der Waals surface area contributed by atoms with Crippen molar-refractivity contribution in [1.29, 1.82) is 0 Å². The lowest BCUT2D eigenvalue weighted by atomic mass is 10.2. The van der Waals surface area contributed by atoms with Crippen molar-refractivity contribution in [3.63, 3.8) is 0 Å². The molecule has 7 nitrogen and oxygen atoms in total. The second kappa shape index (κ2) is 11.6. The molecular formula is C26H31N3O4S. The van der Waals surface area contributed by atoms with Crippen LogP contribution in [0.15, 0.2) is 83.8 Å². The lowest BCUT2D eigenvalue weighted by Gasteiger charge is -2.24. The number of anilines is 2. The quantitative estimate of drug-likeness (QED) is 0.447. The maximum Gasteiger partial charge on any atom is 0.264 e. The monoisotopic (exact) mass is 481 g/mol. The largest absolute Gasteiger partial charge is 0.497 e. The number of carbonyl (C=O) groups is 1. The number of nitrogens with zero attached hydrogens (tertiary/aromatic N) is 2. The minimum absolute atomic E-state index is 0.0805. The summed E-state index contributed by atoms with van der Waals surface area (Å²) in [5.74, 6) is 0.156. The highest BCUT2D eigenvalue weighted by atomic mass is 32.2. The Morgan fingerprint density at radius 2 is 1.47 bits per heavy atom. The Morgan fingerprint density at radius 3 is 2.03 bits per heavy atom. The maximum atomic E-state index is 13.4. The summed E-state index contributed by atoms with van der Waals surface area (Å²) in [5.41, 5.74) is 2.48. The van der Waals surface area contributed by atoms with Gasteiger partial charge in [-0.05, 0) is 67.9 Å². The zero-order valence-corrected chi connectivity index (χ0v) is 20.6. The fourth-order valence-electron chi connectivity index (χ4n) is 3.58. The zero-order chi connectivity index (χ0) is 24.6. The van der Waals surface area contributed by atoms with Gasteiger partial charge in [-0.15, -0.1) is 0 Å². The van der Waals surface area contributed by atoms with Crippen LogP contribution in [0.25, 0.3) is 0 Å². The molecule has 3 rings (SSSR count). The number of rotatable bonds is 11. The molecule has 3 aromatic rings. The molecule has 0 heterocycles. The molecule has 0 atom stereocenters. The molecule has 0 aliphatic heterocycles. The van der Waals surface area contributed by atoms with Gasteiger partial charge in [0.1, 0.15) is 12.3 Å². The predicted octanol–water partition coefficient (Wildman–Crippen LogP) is 4.05. The van der Waals surface area contributed by atoms with Crippen molar-refractivity contribution < 1.29 is 17.9 Å². The molecule has 34 heavy (non-hydrogen) atoms. The Kier molecular flexibility index (Phi) is 8.54. The number of benzene rings is 3. The van der Waals surface area contributed by atoms with Crippen LogP contribution in [-0.2, 0) is 21.4 Å². The van der Waals surface area contributed by atoms with Gasteiger partial charge in [0.25, 0.3) is 10.0 Å². The van der Waals surface area contributed by atoms with Gasteiger partial charge >= 0.3 is 0 Å². The highest BCUT2D eigenvalue weighted by Crippen LogP contribution is 2.25. The van der Waals surface area contributed by atoms with Gasteiger partial charge in [-0.2, -0.15) is 0 Å². The Labute approximate surface area is 202 Å². The molecule has 0 saturated heterocycles. The van der Waals surface area contributed by atoms with Crippen molar-refractivity contribution in [3.8, 4) is 5.75 Å². The van der Waals surface area contributed by atoms with E-state index < -0.39 is 15.9 Å². The van der Waals surface area contributed by atoms with E-state index in [9.17, 15) is 13.2 Å². The standard InChI is InChI=1S/C26H31N3O4S/c1-4-28(5-2)22-13-11-21(12-14-22)19-27-26(30)20-29(23-9-7-6-8-10-23)34(31,32)25-17-15-24(33-3)16-18-25/h6-18H,4-5,19-20H2,1-3H3,(H,27,30). The first-order chi connectivity index (χ1) is 16.4. The molecule has 1 amide bonds. The van der Waals surface area contributed by atoms with E-state index >= 15 is 0 Å². The average molecular weight is 482 g/mol. The number of methoxy groups -OCH3 is 1. The summed E-state index contributed by atoms with van der Waals surface area (Å²) in [6, 6.07) is 22.7. The first kappa shape index (κ1) is 25.1. The van der Waals surface area contributed by atoms with Crippen LogP contribution in [0.4, 0.5) is 11.4 Å². The molecule has 0 spiro atoms. The SMILES string of the molecule is CCN(CC)c1ccc(CNC(=O)CN(c2ccccc2)S(=O)(=O)c2ccc(OC)cc2)cc1. The highest BCUT2D eigenvalue weighted by molar-refractivity contribution is 7.92. The van der Waals surface area contributed by atoms with Gasteiger partial charge in [0, 0.05) is 25.3 Å². The Hall–Kier alpha value is -3.52. The fourth-order valence-corrected chi connectivity index (χ4v) is 5.01. The van der Waals surface area contributed by atoms with Crippen LogP contribution >= 0.6 is 0 Å². The molecule has 3 aromatic carbocycles. The lowest BCUT2D eigenvalue weighted by Crippen LogP contribution is -2.40. The smallest absolute Gasteiger partial charge is 0.264 e. The summed E-state index contributed by atoms with van der Waals surface area (Å²) in [5, 5.41) is 2.84. The van der Waals surface area contributed by atoms with Crippen LogP contribution in [0.3, 0.4) is 0 Å². The molecule has 0 bridgehead atoms. The van der Waals surface area contributed by atoms with Crippen molar-refractivity contribution in [2.24, 2.45) is 0 Å². The third kappa shape index (κ3) is 6.08. The van der Waals surface area contributed by atoms with E-state index in [2.05, 4.69) is 24.1 Å². The highest BCUT2D eigenvalue weighted by Gasteiger charge is 2.27. The molecule has 0 unspecified atom stereocenters. The van der Waals surface area contributed by atoms with Gasteiger partial charge in [0.05, 0.1) is 17.7 Å². The lowest BCUT2D eigenvalue weighted by molar-refractivity contribution is -0.119. The van der Waals surface area contributed by atoms with E-state index in [1.165, 1.54) is 19.2 Å². The topological polar surface area (TPSA) is 79.0 Å². The number of amides is 1. The van der Waals surface area contributed by atoms with Crippen LogP contribution in [0.2, 0.25) is 0 Å². The van der Waals surface area contributed by atoms with Gasteiger partial charge < -0.3 is 15.0 Å². The number of hydrogen-bond acceptors (Lipinski definition) is 5. The fraction of sp³-hybridized carbons (Fsp3) is 0.269. The molecule has 1 N–H and O–H groups in total. The van der Waals surface area contributed by atoms with Gasteiger partial charge in [0.15, 0.2) is 0 Å². The number of para-hydroxylation sites is 1. The zero-order valence-electron chi connectivity index (χ0n) is 19.8. The molecule has 0 aromatic heterocycles. The molecule has 180 valence electrons.